The first-order valence-electron chi connectivity index (χ1n) is 4.73. The number of anilines is 1. The number of halogens is 2. The van der Waals surface area contributed by atoms with E-state index in [1.54, 1.807) is 6.07 Å². The van der Waals surface area contributed by atoms with Crippen LogP contribution in [0.15, 0.2) is 16.6 Å². The van der Waals surface area contributed by atoms with Crippen molar-refractivity contribution in [1.82, 2.24) is 0 Å². The molecule has 0 saturated heterocycles. The zero-order valence-electron chi connectivity index (χ0n) is 9.29. The molecule has 0 unspecified atom stereocenters. The van der Waals surface area contributed by atoms with E-state index in [4.69, 9.17) is 5.26 Å². The number of esters is 1. The summed E-state index contributed by atoms with van der Waals surface area (Å²) in [7, 11) is 1.12. The fourth-order valence-corrected chi connectivity index (χ4v) is 1.66. The van der Waals surface area contributed by atoms with Crippen molar-refractivity contribution >= 4 is 33.5 Å². The van der Waals surface area contributed by atoms with Crippen molar-refractivity contribution in [3.8, 4) is 6.07 Å². The van der Waals surface area contributed by atoms with Gasteiger partial charge >= 0.3 is 5.97 Å². The molecule has 1 aromatic carbocycles. The third-order valence-corrected chi connectivity index (χ3v) is 2.41. The number of carbonyl (C=O) groups is 2. The summed E-state index contributed by atoms with van der Waals surface area (Å²) in [6, 6.07) is 4.16. The van der Waals surface area contributed by atoms with Crippen LogP contribution in [0.25, 0.3) is 0 Å². The average Bonchev–Trinajstić information content (AvgIpc) is 2.32. The van der Waals surface area contributed by atoms with Gasteiger partial charge < -0.3 is 10.1 Å². The number of nitriles is 1. The van der Waals surface area contributed by atoms with Gasteiger partial charge in [-0.25, -0.2) is 9.18 Å². The number of amides is 1. The van der Waals surface area contributed by atoms with Gasteiger partial charge in [0.2, 0.25) is 5.91 Å². The zero-order chi connectivity index (χ0) is 13.7. The number of ether oxygens (including phenoxy) is 1. The van der Waals surface area contributed by atoms with E-state index in [2.05, 4.69) is 26.0 Å². The number of nitrogens with one attached hydrogen (secondary N) is 1. The Morgan fingerprint density at radius 3 is 2.78 bits per heavy atom. The van der Waals surface area contributed by atoms with Crippen molar-refractivity contribution in [2.24, 2.45) is 0 Å². The van der Waals surface area contributed by atoms with Crippen LogP contribution in [-0.2, 0) is 9.53 Å². The molecule has 0 heterocycles. The summed E-state index contributed by atoms with van der Waals surface area (Å²) in [5.74, 6) is -2.42. The number of hydrogen-bond donors (Lipinski definition) is 1. The van der Waals surface area contributed by atoms with E-state index < -0.39 is 24.1 Å². The zero-order valence-corrected chi connectivity index (χ0v) is 10.9. The second kappa shape index (κ2) is 6.12. The van der Waals surface area contributed by atoms with Crippen LogP contribution in [0.3, 0.4) is 0 Å². The van der Waals surface area contributed by atoms with Gasteiger partial charge in [-0.2, -0.15) is 5.26 Å². The highest BCUT2D eigenvalue weighted by atomic mass is 79.9. The van der Waals surface area contributed by atoms with Crippen LogP contribution in [0.1, 0.15) is 16.8 Å². The summed E-state index contributed by atoms with van der Waals surface area (Å²) in [5, 5.41) is 10.5. The first kappa shape index (κ1) is 14.1. The molecule has 0 saturated carbocycles. The molecule has 1 N–H and O–H groups in total. The molecule has 0 radical (unpaired) electrons. The first-order chi connectivity index (χ1) is 8.49. The maximum absolute atomic E-state index is 13.9. The van der Waals surface area contributed by atoms with E-state index in [-0.39, 0.29) is 11.3 Å². The molecular formula is C11H8BrFN2O3. The molecule has 94 valence electrons. The number of carbonyl (C=O) groups excluding carboxylic acids is 2. The normalized spacial score (nSPS) is 9.44. The molecule has 7 heteroatoms. The van der Waals surface area contributed by atoms with Gasteiger partial charge in [-0.05, 0) is 12.1 Å². The van der Waals surface area contributed by atoms with Crippen LogP contribution in [0.4, 0.5) is 10.1 Å². The van der Waals surface area contributed by atoms with E-state index in [0.717, 1.165) is 7.11 Å². The lowest BCUT2D eigenvalue weighted by Crippen LogP contribution is -2.14. The molecule has 0 atom stereocenters. The summed E-state index contributed by atoms with van der Waals surface area (Å²) in [6.45, 7) is 0. The lowest BCUT2D eigenvalue weighted by Gasteiger charge is -2.08. The molecule has 0 spiro atoms. The van der Waals surface area contributed by atoms with Gasteiger partial charge in [-0.3, -0.25) is 4.79 Å². The van der Waals surface area contributed by atoms with E-state index in [1.165, 1.54) is 12.1 Å². The Balaban J connectivity index is 3.14. The topological polar surface area (TPSA) is 79.2 Å². The molecule has 1 rings (SSSR count). The van der Waals surface area contributed by atoms with Gasteiger partial charge in [0.25, 0.3) is 0 Å². The molecule has 1 amide bonds. The SMILES string of the molecule is COC(=O)c1cc(Br)cc(NC(=O)CC#N)c1F. The summed E-state index contributed by atoms with van der Waals surface area (Å²) in [6.07, 6.45) is -0.403. The Hall–Kier alpha value is -1.94. The monoisotopic (exact) mass is 314 g/mol. The van der Waals surface area contributed by atoms with E-state index >= 15 is 0 Å². The van der Waals surface area contributed by atoms with Gasteiger partial charge in [0.1, 0.15) is 6.42 Å². The highest BCUT2D eigenvalue weighted by Crippen LogP contribution is 2.25. The second-order valence-corrected chi connectivity index (χ2v) is 4.11. The average molecular weight is 315 g/mol. The fourth-order valence-electron chi connectivity index (χ4n) is 1.20. The largest absolute Gasteiger partial charge is 0.465 e. The number of hydrogen-bond acceptors (Lipinski definition) is 4. The fraction of sp³-hybridized carbons (Fsp3) is 0.182. The minimum atomic E-state index is -0.906. The van der Waals surface area contributed by atoms with Crippen LogP contribution >= 0.6 is 15.9 Å². The van der Waals surface area contributed by atoms with Crippen molar-refractivity contribution in [2.75, 3.05) is 12.4 Å². The smallest absolute Gasteiger partial charge is 0.340 e. The Morgan fingerprint density at radius 1 is 1.56 bits per heavy atom. The molecule has 0 bridgehead atoms. The number of nitrogens with zero attached hydrogens (tertiary/aromatic N) is 1. The van der Waals surface area contributed by atoms with Crippen molar-refractivity contribution < 1.29 is 18.7 Å². The predicted molar refractivity (Wildman–Crippen MR) is 64.3 cm³/mol. The Kier molecular flexibility index (Phi) is 4.80. The highest BCUT2D eigenvalue weighted by molar-refractivity contribution is 9.10. The molecule has 0 aliphatic rings. The number of benzene rings is 1. The lowest BCUT2D eigenvalue weighted by molar-refractivity contribution is -0.115. The van der Waals surface area contributed by atoms with Crippen LogP contribution in [0.2, 0.25) is 0 Å². The van der Waals surface area contributed by atoms with Gasteiger partial charge in [-0.1, -0.05) is 15.9 Å². The Bertz CT molecular complexity index is 540. The molecule has 5 nitrogen and oxygen atoms in total. The minimum Gasteiger partial charge on any atom is -0.465 e. The van der Waals surface area contributed by atoms with Gasteiger partial charge in [0, 0.05) is 4.47 Å². The maximum Gasteiger partial charge on any atom is 0.340 e. The van der Waals surface area contributed by atoms with Gasteiger partial charge in [0.05, 0.1) is 24.4 Å². The van der Waals surface area contributed by atoms with Crippen LogP contribution in [0.5, 0.6) is 0 Å². The van der Waals surface area contributed by atoms with Gasteiger partial charge in [0.15, 0.2) is 5.82 Å². The Morgan fingerprint density at radius 2 is 2.22 bits per heavy atom. The summed E-state index contributed by atoms with van der Waals surface area (Å²) >= 11 is 3.08. The third kappa shape index (κ3) is 3.28. The van der Waals surface area contributed by atoms with Gasteiger partial charge in [-0.15, -0.1) is 0 Å². The van der Waals surface area contributed by atoms with Crippen molar-refractivity contribution in [3.05, 3.63) is 28.0 Å². The molecule has 0 aliphatic heterocycles. The van der Waals surface area contributed by atoms with Crippen LogP contribution < -0.4 is 5.32 Å². The molecule has 0 aliphatic carbocycles. The quantitative estimate of drug-likeness (QED) is 0.868. The second-order valence-electron chi connectivity index (χ2n) is 3.19. The third-order valence-electron chi connectivity index (χ3n) is 1.96. The predicted octanol–water partition coefficient (Wildman–Crippen LogP) is 2.23. The van der Waals surface area contributed by atoms with Crippen LogP contribution in [-0.4, -0.2) is 19.0 Å². The Labute approximate surface area is 111 Å². The maximum atomic E-state index is 13.9. The summed E-state index contributed by atoms with van der Waals surface area (Å²) < 4.78 is 18.7. The molecular weight excluding hydrogens is 307 g/mol. The summed E-state index contributed by atoms with van der Waals surface area (Å²) in [5.41, 5.74) is -0.496. The molecule has 18 heavy (non-hydrogen) atoms. The number of rotatable bonds is 3. The molecule has 0 aromatic heterocycles. The van der Waals surface area contributed by atoms with Crippen molar-refractivity contribution in [1.29, 1.82) is 5.26 Å². The minimum absolute atomic E-state index is 0.190. The first-order valence-corrected chi connectivity index (χ1v) is 5.53. The van der Waals surface area contributed by atoms with Crippen molar-refractivity contribution in [3.63, 3.8) is 0 Å². The number of methoxy groups -OCH3 is 1. The van der Waals surface area contributed by atoms with Crippen molar-refractivity contribution in [2.45, 2.75) is 6.42 Å². The molecule has 1 aromatic rings. The standard InChI is InChI=1S/C11H8BrFN2O3/c1-18-11(17)7-4-6(12)5-8(10(7)13)15-9(16)2-3-14/h4-5H,2H2,1H3,(H,15,16). The van der Waals surface area contributed by atoms with E-state index in [9.17, 15) is 14.0 Å². The van der Waals surface area contributed by atoms with E-state index in [1.807, 2.05) is 0 Å². The molecule has 0 fully saturated rings. The highest BCUT2D eigenvalue weighted by Gasteiger charge is 2.18. The van der Waals surface area contributed by atoms with E-state index in [0.29, 0.717) is 4.47 Å². The summed E-state index contributed by atoms with van der Waals surface area (Å²) in [4.78, 5) is 22.5. The lowest BCUT2D eigenvalue weighted by atomic mass is 10.2. The van der Waals surface area contributed by atoms with Crippen LogP contribution in [0, 0.1) is 17.1 Å².